The van der Waals surface area contributed by atoms with Crippen LogP contribution in [0.15, 0.2) is 94.4 Å². The van der Waals surface area contributed by atoms with Crippen LogP contribution in [0.5, 0.6) is 0 Å². The van der Waals surface area contributed by atoms with E-state index in [4.69, 9.17) is 9.22 Å². The van der Waals surface area contributed by atoms with E-state index in [1.807, 2.05) is 12.1 Å². The van der Waals surface area contributed by atoms with Crippen molar-refractivity contribution in [3.63, 3.8) is 0 Å². The summed E-state index contributed by atoms with van der Waals surface area (Å²) in [6, 6.07) is 12.2. The number of unbranched alkanes of at least 4 members (excludes halogenated alkanes) is 8. The van der Waals surface area contributed by atoms with Crippen LogP contribution in [-0.4, -0.2) is 45.2 Å². The fraction of sp³-hybridized carbons (Fsp3) is 0.512. The van der Waals surface area contributed by atoms with Gasteiger partial charge in [0.2, 0.25) is 5.69 Å². The van der Waals surface area contributed by atoms with Crippen LogP contribution in [0.2, 0.25) is 0 Å². The van der Waals surface area contributed by atoms with Crippen molar-refractivity contribution in [3.05, 3.63) is 95.8 Å². The third kappa shape index (κ3) is 10.2. The second-order valence-corrected chi connectivity index (χ2v) is 17.7. The molecule has 0 atom stereocenters. The van der Waals surface area contributed by atoms with Crippen LogP contribution in [0.1, 0.15) is 117 Å². The molecular formula is C43H61N2O4S2+. The minimum atomic E-state index is -3.30. The number of sulfone groups is 1. The zero-order valence-electron chi connectivity index (χ0n) is 32.3. The van der Waals surface area contributed by atoms with Gasteiger partial charge in [-0.2, -0.15) is 8.91 Å². The standard InChI is InChI=1S/C43H61N2O4S2/c1-9-11-13-18-22-30-44-38-28-26-34(50-49-48-7)32-36(38)42(3,4)40(44)24-20-16-15-17-21-25-41-43(5,6)37-33-35(51(8,46)47)27-29-39(37)45(41)31-23-19-14-12-10-2/h15-17,20-21,24-29,32-33H,9-14,18-19,22-23,30-31H2,1-8H3/q+1. The highest BCUT2D eigenvalue weighted by molar-refractivity contribution is 7.94. The highest BCUT2D eigenvalue weighted by atomic mass is 32.2. The van der Waals surface area contributed by atoms with Gasteiger partial charge in [-0.15, -0.1) is 0 Å². The molecule has 4 rings (SSSR count). The summed E-state index contributed by atoms with van der Waals surface area (Å²) in [7, 11) is -1.77. The molecule has 2 heterocycles. The maximum Gasteiger partial charge on any atom is 0.209 e. The smallest absolute Gasteiger partial charge is 0.209 e. The summed E-state index contributed by atoms with van der Waals surface area (Å²) < 4.78 is 32.5. The van der Waals surface area contributed by atoms with E-state index in [9.17, 15) is 8.42 Å². The fourth-order valence-corrected chi connectivity index (χ4v) is 8.46. The number of allylic oxidation sites excluding steroid dienone is 8. The van der Waals surface area contributed by atoms with Gasteiger partial charge >= 0.3 is 0 Å². The first-order valence-corrected chi connectivity index (χ1v) is 21.5. The Hall–Kier alpha value is -2.91. The largest absolute Gasteiger partial charge is 0.344 e. The van der Waals surface area contributed by atoms with Gasteiger partial charge in [-0.05, 0) is 68.7 Å². The first kappa shape index (κ1) is 40.9. The molecule has 0 bridgehead atoms. The second-order valence-electron chi connectivity index (χ2n) is 14.9. The Bertz CT molecular complexity index is 1750. The van der Waals surface area contributed by atoms with Gasteiger partial charge in [0.15, 0.2) is 15.5 Å². The SMILES string of the molecule is CCCCCCCN1C(=CC=CC=CC=CC2=[N+](CCCCCCC)c3ccc(SOOC)cc3C2(C)C)C(C)(C)c2cc(S(C)(=O)=O)ccc21. The number of nitrogens with zero attached hydrogens (tertiary/aromatic N) is 2. The fourth-order valence-electron chi connectivity index (χ4n) is 7.38. The first-order valence-electron chi connectivity index (χ1n) is 18.9. The molecule has 0 spiro atoms. The lowest BCUT2D eigenvalue weighted by Gasteiger charge is -2.27. The number of benzene rings is 2. The number of fused-ring (bicyclic) bond motifs is 2. The zero-order chi connectivity index (χ0) is 37.1. The lowest BCUT2D eigenvalue weighted by atomic mass is 9.81. The van der Waals surface area contributed by atoms with Crippen LogP contribution >= 0.6 is 12.0 Å². The van der Waals surface area contributed by atoms with E-state index in [0.717, 1.165) is 42.1 Å². The Balaban J connectivity index is 1.55. The molecule has 0 saturated heterocycles. The summed E-state index contributed by atoms with van der Waals surface area (Å²) in [5, 5.41) is 0. The van der Waals surface area contributed by atoms with E-state index in [1.165, 1.54) is 99.4 Å². The molecule has 0 aromatic heterocycles. The summed E-state index contributed by atoms with van der Waals surface area (Å²) in [5.74, 6) is 0. The Kier molecular flexibility index (Phi) is 15.0. The Morgan fingerprint density at radius 1 is 0.784 bits per heavy atom. The molecular weight excluding hydrogens is 673 g/mol. The van der Waals surface area contributed by atoms with Gasteiger partial charge in [0, 0.05) is 58.6 Å². The van der Waals surface area contributed by atoms with Crippen LogP contribution in [0, 0.1) is 0 Å². The summed E-state index contributed by atoms with van der Waals surface area (Å²) in [6.07, 6.45) is 28.5. The predicted octanol–water partition coefficient (Wildman–Crippen LogP) is 11.3. The van der Waals surface area contributed by atoms with Crippen molar-refractivity contribution in [3.8, 4) is 0 Å². The number of hydrogen-bond acceptors (Lipinski definition) is 6. The molecule has 0 unspecified atom stereocenters. The Labute approximate surface area is 313 Å². The summed E-state index contributed by atoms with van der Waals surface area (Å²) in [5.41, 5.74) is 6.77. The van der Waals surface area contributed by atoms with Crippen LogP contribution in [-0.2, 0) is 29.9 Å². The molecule has 0 aliphatic carbocycles. The molecule has 8 heteroatoms. The highest BCUT2D eigenvalue weighted by Gasteiger charge is 2.44. The minimum Gasteiger partial charge on any atom is -0.344 e. The van der Waals surface area contributed by atoms with Crippen molar-refractivity contribution in [2.75, 3.05) is 31.4 Å². The van der Waals surface area contributed by atoms with Gasteiger partial charge in [-0.3, -0.25) is 0 Å². The third-order valence-corrected chi connectivity index (χ3v) is 12.0. The van der Waals surface area contributed by atoms with E-state index < -0.39 is 9.84 Å². The lowest BCUT2D eigenvalue weighted by Crippen LogP contribution is -2.28. The van der Waals surface area contributed by atoms with Gasteiger partial charge < -0.3 is 4.90 Å². The molecule has 2 aliphatic rings. The van der Waals surface area contributed by atoms with Crippen molar-refractivity contribution in [2.24, 2.45) is 0 Å². The maximum absolute atomic E-state index is 12.4. The van der Waals surface area contributed by atoms with E-state index in [-0.39, 0.29) is 10.8 Å². The van der Waals surface area contributed by atoms with Crippen LogP contribution < -0.4 is 4.90 Å². The molecule has 0 saturated carbocycles. The van der Waals surface area contributed by atoms with Crippen molar-refractivity contribution in [1.82, 2.24) is 0 Å². The third-order valence-electron chi connectivity index (χ3n) is 10.3. The van der Waals surface area contributed by atoms with Gasteiger partial charge in [0.1, 0.15) is 6.54 Å². The summed E-state index contributed by atoms with van der Waals surface area (Å²) in [4.78, 5) is 8.64. The molecule has 278 valence electrons. The van der Waals surface area contributed by atoms with Crippen LogP contribution in [0.3, 0.4) is 0 Å². The topological polar surface area (TPSA) is 58.9 Å². The zero-order valence-corrected chi connectivity index (χ0v) is 34.0. The van der Waals surface area contributed by atoms with E-state index >= 15 is 0 Å². The van der Waals surface area contributed by atoms with Gasteiger partial charge in [-0.25, -0.2) is 13.3 Å². The van der Waals surface area contributed by atoms with Crippen molar-refractivity contribution >= 4 is 39.0 Å². The highest BCUT2D eigenvalue weighted by Crippen LogP contribution is 2.48. The average Bonchev–Trinajstić information content (AvgIpc) is 3.43. The molecule has 2 aliphatic heterocycles. The minimum absolute atomic E-state index is 0.160. The Morgan fingerprint density at radius 3 is 2.14 bits per heavy atom. The van der Waals surface area contributed by atoms with Crippen LogP contribution in [0.4, 0.5) is 11.4 Å². The predicted molar refractivity (Wildman–Crippen MR) is 216 cm³/mol. The molecule has 0 N–H and O–H groups in total. The average molecular weight is 734 g/mol. The molecule has 0 radical (unpaired) electrons. The summed E-state index contributed by atoms with van der Waals surface area (Å²) in [6.45, 7) is 15.4. The molecule has 2 aromatic carbocycles. The molecule has 2 aromatic rings. The van der Waals surface area contributed by atoms with Gasteiger partial charge in [-0.1, -0.05) is 103 Å². The van der Waals surface area contributed by atoms with E-state index in [1.54, 1.807) is 6.07 Å². The monoisotopic (exact) mass is 733 g/mol. The van der Waals surface area contributed by atoms with Crippen molar-refractivity contribution < 1.29 is 22.2 Å². The van der Waals surface area contributed by atoms with E-state index in [2.05, 4.69) is 112 Å². The molecule has 0 amide bonds. The normalized spacial score (nSPS) is 17.6. The lowest BCUT2D eigenvalue weighted by molar-refractivity contribution is -0.438. The number of rotatable bonds is 20. The summed E-state index contributed by atoms with van der Waals surface area (Å²) >= 11 is 1.24. The number of anilines is 1. The van der Waals surface area contributed by atoms with Gasteiger partial charge in [0.05, 0.1) is 29.5 Å². The Morgan fingerprint density at radius 2 is 1.45 bits per heavy atom. The first-order chi connectivity index (χ1) is 24.4. The van der Waals surface area contributed by atoms with Crippen molar-refractivity contribution in [1.29, 1.82) is 0 Å². The molecule has 0 fully saturated rings. The number of hydrogen-bond donors (Lipinski definition) is 0. The van der Waals surface area contributed by atoms with Crippen molar-refractivity contribution in [2.45, 2.75) is 126 Å². The van der Waals surface area contributed by atoms with Gasteiger partial charge in [0.25, 0.3) is 0 Å². The maximum atomic E-state index is 12.4. The molecule has 6 nitrogen and oxygen atoms in total. The van der Waals surface area contributed by atoms with Crippen LogP contribution in [0.25, 0.3) is 0 Å². The quantitative estimate of drug-likeness (QED) is 0.0337. The molecule has 51 heavy (non-hydrogen) atoms. The second kappa shape index (κ2) is 18.7. The van der Waals surface area contributed by atoms with E-state index in [0.29, 0.717) is 4.90 Å².